The number of aliphatic hydroxyl groups is 1. The first-order chi connectivity index (χ1) is 4.83. The van der Waals surface area contributed by atoms with Crippen LogP contribution in [0.1, 0.15) is 32.6 Å². The summed E-state index contributed by atoms with van der Waals surface area (Å²) in [7, 11) is 0. The molecule has 58 valence electrons. The third-order valence-corrected chi connectivity index (χ3v) is 2.20. The molecule has 1 N–H and O–H groups in total. The van der Waals surface area contributed by atoms with Gasteiger partial charge in [0.05, 0.1) is 6.10 Å². The predicted octanol–water partition coefficient (Wildman–Crippen LogP) is 2.11. The van der Waals surface area contributed by atoms with Gasteiger partial charge in [0.15, 0.2) is 0 Å². The first-order valence-electron chi connectivity index (χ1n) is 4.19. The van der Waals surface area contributed by atoms with Crippen molar-refractivity contribution in [2.24, 2.45) is 5.92 Å². The summed E-state index contributed by atoms with van der Waals surface area (Å²) in [6.45, 7) is 2.20. The van der Waals surface area contributed by atoms with Crippen LogP contribution in [-0.2, 0) is 0 Å². The van der Waals surface area contributed by atoms with Crippen LogP contribution in [0.15, 0.2) is 12.2 Å². The Morgan fingerprint density at radius 1 is 1.40 bits per heavy atom. The maximum Gasteiger partial charge on any atom is 0.0721 e. The van der Waals surface area contributed by atoms with Crippen molar-refractivity contribution in [2.45, 2.75) is 38.7 Å². The summed E-state index contributed by atoms with van der Waals surface area (Å²) >= 11 is 0. The van der Waals surface area contributed by atoms with Crippen molar-refractivity contribution in [3.8, 4) is 0 Å². The summed E-state index contributed by atoms with van der Waals surface area (Å²) in [5.41, 5.74) is 0. The molecule has 1 heteroatoms. The Morgan fingerprint density at radius 3 is 2.90 bits per heavy atom. The lowest BCUT2D eigenvalue weighted by molar-refractivity contribution is 0.210. The van der Waals surface area contributed by atoms with E-state index in [0.717, 1.165) is 12.3 Å². The minimum atomic E-state index is -0.170. The molecule has 10 heavy (non-hydrogen) atoms. The summed E-state index contributed by atoms with van der Waals surface area (Å²) in [6.07, 6.45) is 8.53. The quantitative estimate of drug-likeness (QED) is 0.553. The van der Waals surface area contributed by atoms with Crippen LogP contribution >= 0.6 is 0 Å². The summed E-state index contributed by atoms with van der Waals surface area (Å²) in [5, 5.41) is 9.22. The molecule has 0 saturated carbocycles. The molecule has 0 fully saturated rings. The molecular formula is C9H16O. The average Bonchev–Trinajstić information content (AvgIpc) is 2.14. The van der Waals surface area contributed by atoms with Gasteiger partial charge in [0.2, 0.25) is 0 Å². The van der Waals surface area contributed by atoms with Crippen molar-refractivity contribution >= 4 is 0 Å². The van der Waals surface area contributed by atoms with Crippen LogP contribution in [-0.4, -0.2) is 11.2 Å². The molecule has 0 amide bonds. The second-order valence-corrected chi connectivity index (χ2v) is 3.05. The van der Waals surface area contributed by atoms with Gasteiger partial charge in [-0.25, -0.2) is 0 Å². The van der Waals surface area contributed by atoms with Crippen molar-refractivity contribution in [1.82, 2.24) is 0 Å². The zero-order chi connectivity index (χ0) is 7.40. The van der Waals surface area contributed by atoms with Crippen LogP contribution in [0.25, 0.3) is 0 Å². The highest BCUT2D eigenvalue weighted by Crippen LogP contribution is 2.19. The van der Waals surface area contributed by atoms with Gasteiger partial charge in [-0.05, 0) is 31.6 Å². The lowest BCUT2D eigenvalue weighted by Crippen LogP contribution is -1.98. The van der Waals surface area contributed by atoms with E-state index in [4.69, 9.17) is 0 Å². The molecule has 0 aromatic carbocycles. The second kappa shape index (κ2) is 3.77. The molecule has 1 rings (SSSR count). The van der Waals surface area contributed by atoms with E-state index in [2.05, 4.69) is 13.0 Å². The summed E-state index contributed by atoms with van der Waals surface area (Å²) < 4.78 is 0. The third-order valence-electron chi connectivity index (χ3n) is 2.20. The van der Waals surface area contributed by atoms with E-state index in [1.807, 2.05) is 6.08 Å². The van der Waals surface area contributed by atoms with Gasteiger partial charge < -0.3 is 5.11 Å². The maximum absolute atomic E-state index is 9.22. The fourth-order valence-electron chi connectivity index (χ4n) is 1.41. The number of aliphatic hydroxyl groups excluding tert-OH is 1. The molecule has 0 bridgehead atoms. The highest BCUT2D eigenvalue weighted by molar-refractivity contribution is 4.95. The largest absolute Gasteiger partial charge is 0.389 e. The fraction of sp³-hybridized carbons (Fsp3) is 0.778. The number of hydrogen-bond acceptors (Lipinski definition) is 1. The van der Waals surface area contributed by atoms with Crippen molar-refractivity contribution in [2.75, 3.05) is 0 Å². The van der Waals surface area contributed by atoms with E-state index in [9.17, 15) is 5.11 Å². The van der Waals surface area contributed by atoms with Crippen LogP contribution in [0.2, 0.25) is 0 Å². The molecule has 0 radical (unpaired) electrons. The Hall–Kier alpha value is -0.300. The van der Waals surface area contributed by atoms with Crippen molar-refractivity contribution < 1.29 is 5.11 Å². The number of hydrogen-bond donors (Lipinski definition) is 1. The average molecular weight is 140 g/mol. The monoisotopic (exact) mass is 140 g/mol. The minimum Gasteiger partial charge on any atom is -0.389 e. The zero-order valence-electron chi connectivity index (χ0n) is 6.59. The van der Waals surface area contributed by atoms with Crippen LogP contribution in [0.5, 0.6) is 0 Å². The Labute approximate surface area is 62.8 Å². The fourth-order valence-corrected chi connectivity index (χ4v) is 1.41. The van der Waals surface area contributed by atoms with Gasteiger partial charge in [-0.1, -0.05) is 19.1 Å². The number of allylic oxidation sites excluding steroid dienone is 1. The molecule has 2 atom stereocenters. The Morgan fingerprint density at radius 2 is 2.20 bits per heavy atom. The standard InChI is InChI=1S/C9H16O/c1-2-8-4-3-5-9(10)7-6-8/h6-10H,2-5H2,1H3/t8-,9-/m1/s1. The lowest BCUT2D eigenvalue weighted by atomic mass is 10.0. The summed E-state index contributed by atoms with van der Waals surface area (Å²) in [6, 6.07) is 0. The lowest BCUT2D eigenvalue weighted by Gasteiger charge is -2.04. The molecule has 0 saturated heterocycles. The van der Waals surface area contributed by atoms with Gasteiger partial charge in [-0.3, -0.25) is 0 Å². The molecule has 0 aliphatic heterocycles. The Balaban J connectivity index is 2.42. The van der Waals surface area contributed by atoms with E-state index >= 15 is 0 Å². The van der Waals surface area contributed by atoms with Crippen LogP contribution < -0.4 is 0 Å². The molecule has 0 aromatic heterocycles. The predicted molar refractivity (Wildman–Crippen MR) is 42.8 cm³/mol. The molecule has 0 aromatic rings. The molecule has 1 aliphatic rings. The van der Waals surface area contributed by atoms with E-state index in [1.165, 1.54) is 19.3 Å². The molecule has 0 spiro atoms. The van der Waals surface area contributed by atoms with E-state index in [0.29, 0.717) is 0 Å². The maximum atomic E-state index is 9.22. The Kier molecular flexibility index (Phi) is 2.94. The highest BCUT2D eigenvalue weighted by atomic mass is 16.3. The van der Waals surface area contributed by atoms with Crippen molar-refractivity contribution in [1.29, 1.82) is 0 Å². The molecule has 1 nitrogen and oxygen atoms in total. The van der Waals surface area contributed by atoms with Gasteiger partial charge in [-0.2, -0.15) is 0 Å². The zero-order valence-corrected chi connectivity index (χ0v) is 6.59. The second-order valence-electron chi connectivity index (χ2n) is 3.05. The van der Waals surface area contributed by atoms with E-state index < -0.39 is 0 Å². The summed E-state index contributed by atoms with van der Waals surface area (Å²) in [4.78, 5) is 0. The smallest absolute Gasteiger partial charge is 0.0721 e. The minimum absolute atomic E-state index is 0.170. The molecule has 0 heterocycles. The normalized spacial score (nSPS) is 33.8. The number of rotatable bonds is 1. The van der Waals surface area contributed by atoms with Crippen LogP contribution in [0.3, 0.4) is 0 Å². The van der Waals surface area contributed by atoms with E-state index in [-0.39, 0.29) is 6.10 Å². The van der Waals surface area contributed by atoms with Gasteiger partial charge in [0.25, 0.3) is 0 Å². The van der Waals surface area contributed by atoms with Crippen LogP contribution in [0.4, 0.5) is 0 Å². The van der Waals surface area contributed by atoms with Crippen LogP contribution in [0, 0.1) is 5.92 Å². The molecular weight excluding hydrogens is 124 g/mol. The topological polar surface area (TPSA) is 20.2 Å². The Bertz CT molecular complexity index is 118. The summed E-state index contributed by atoms with van der Waals surface area (Å²) in [5.74, 6) is 0.720. The highest BCUT2D eigenvalue weighted by Gasteiger charge is 2.08. The van der Waals surface area contributed by atoms with E-state index in [1.54, 1.807) is 0 Å². The third kappa shape index (κ3) is 2.14. The SMILES string of the molecule is CC[C@H]1C=C[C@H](O)CCC1. The van der Waals surface area contributed by atoms with Gasteiger partial charge in [0.1, 0.15) is 0 Å². The van der Waals surface area contributed by atoms with Gasteiger partial charge in [-0.15, -0.1) is 0 Å². The van der Waals surface area contributed by atoms with Gasteiger partial charge in [0, 0.05) is 0 Å². The molecule has 1 aliphatic carbocycles. The first-order valence-corrected chi connectivity index (χ1v) is 4.19. The van der Waals surface area contributed by atoms with Gasteiger partial charge >= 0.3 is 0 Å². The first kappa shape index (κ1) is 7.80. The van der Waals surface area contributed by atoms with Crippen molar-refractivity contribution in [3.05, 3.63) is 12.2 Å². The van der Waals surface area contributed by atoms with Crippen molar-refractivity contribution in [3.63, 3.8) is 0 Å². The molecule has 0 unspecified atom stereocenters.